The lowest BCUT2D eigenvalue weighted by molar-refractivity contribution is 0.153. The van der Waals surface area contributed by atoms with Crippen LogP contribution in [0.15, 0.2) is 6.07 Å². The Morgan fingerprint density at radius 2 is 1.85 bits per heavy atom. The lowest BCUT2D eigenvalue weighted by Crippen LogP contribution is -2.37. The van der Waals surface area contributed by atoms with Crippen molar-refractivity contribution >= 4 is 5.82 Å². The van der Waals surface area contributed by atoms with Crippen LogP contribution in [0.25, 0.3) is 0 Å². The minimum atomic E-state index is 0.611. The molecule has 4 nitrogen and oxygen atoms in total. The average molecular weight is 278 g/mol. The second-order valence-corrected chi connectivity index (χ2v) is 5.85. The molecule has 0 aromatic carbocycles. The molecule has 0 aliphatic heterocycles. The van der Waals surface area contributed by atoms with Crippen molar-refractivity contribution in [2.24, 2.45) is 5.92 Å². The smallest absolute Gasteiger partial charge is 0.144 e. The Hall–Kier alpha value is -1.16. The first-order chi connectivity index (χ1) is 9.49. The predicted molar refractivity (Wildman–Crippen MR) is 85.9 cm³/mol. The molecule has 0 amide bonds. The van der Waals surface area contributed by atoms with E-state index in [-0.39, 0.29) is 0 Å². The van der Waals surface area contributed by atoms with Crippen LogP contribution in [0.3, 0.4) is 0 Å². The monoisotopic (exact) mass is 278 g/mol. The maximum atomic E-state index is 4.59. The van der Waals surface area contributed by atoms with Gasteiger partial charge in [-0.1, -0.05) is 27.7 Å². The van der Waals surface area contributed by atoms with E-state index >= 15 is 0 Å². The van der Waals surface area contributed by atoms with E-state index in [9.17, 15) is 0 Å². The SMILES string of the molecule is CCC(CC)N(Cc1nc(C)cc(NC)n1)CC(C)C. The Balaban J connectivity index is 2.90. The fraction of sp³-hybridized carbons (Fsp3) is 0.750. The van der Waals surface area contributed by atoms with Crippen LogP contribution in [0.2, 0.25) is 0 Å². The highest BCUT2D eigenvalue weighted by molar-refractivity contribution is 5.34. The van der Waals surface area contributed by atoms with Crippen molar-refractivity contribution in [2.75, 3.05) is 18.9 Å². The van der Waals surface area contributed by atoms with Gasteiger partial charge in [-0.15, -0.1) is 0 Å². The fourth-order valence-electron chi connectivity index (χ4n) is 2.63. The van der Waals surface area contributed by atoms with Crippen molar-refractivity contribution < 1.29 is 0 Å². The van der Waals surface area contributed by atoms with Crippen LogP contribution >= 0.6 is 0 Å². The second-order valence-electron chi connectivity index (χ2n) is 5.85. The van der Waals surface area contributed by atoms with Crippen LogP contribution in [0.5, 0.6) is 0 Å². The molecular weight excluding hydrogens is 248 g/mol. The van der Waals surface area contributed by atoms with Crippen molar-refractivity contribution in [3.05, 3.63) is 17.6 Å². The van der Waals surface area contributed by atoms with E-state index in [0.29, 0.717) is 12.0 Å². The lowest BCUT2D eigenvalue weighted by atomic mass is 10.1. The molecule has 0 spiro atoms. The van der Waals surface area contributed by atoms with E-state index < -0.39 is 0 Å². The molecule has 0 bridgehead atoms. The topological polar surface area (TPSA) is 41.1 Å². The molecule has 0 fully saturated rings. The molecule has 1 rings (SSSR count). The van der Waals surface area contributed by atoms with Gasteiger partial charge in [0.15, 0.2) is 0 Å². The van der Waals surface area contributed by atoms with Gasteiger partial charge < -0.3 is 5.32 Å². The molecule has 0 atom stereocenters. The van der Waals surface area contributed by atoms with E-state index in [1.54, 1.807) is 0 Å². The Morgan fingerprint density at radius 3 is 2.35 bits per heavy atom. The van der Waals surface area contributed by atoms with Gasteiger partial charge in [-0.3, -0.25) is 4.90 Å². The molecule has 0 unspecified atom stereocenters. The quantitative estimate of drug-likeness (QED) is 0.790. The predicted octanol–water partition coefficient (Wildman–Crippen LogP) is 3.47. The van der Waals surface area contributed by atoms with E-state index in [2.05, 4.69) is 47.9 Å². The largest absolute Gasteiger partial charge is 0.373 e. The third kappa shape index (κ3) is 5.08. The van der Waals surface area contributed by atoms with Gasteiger partial charge in [0.1, 0.15) is 11.6 Å². The van der Waals surface area contributed by atoms with Crippen LogP contribution in [0.4, 0.5) is 5.82 Å². The van der Waals surface area contributed by atoms with Gasteiger partial charge in [0.25, 0.3) is 0 Å². The third-order valence-corrected chi connectivity index (χ3v) is 3.56. The van der Waals surface area contributed by atoms with E-state index in [4.69, 9.17) is 0 Å². The number of hydrogen-bond acceptors (Lipinski definition) is 4. The van der Waals surface area contributed by atoms with Crippen LogP contribution in [-0.4, -0.2) is 34.5 Å². The average Bonchev–Trinajstić information content (AvgIpc) is 2.38. The molecule has 0 aliphatic rings. The summed E-state index contributed by atoms with van der Waals surface area (Å²) in [6.45, 7) is 13.0. The van der Waals surface area contributed by atoms with E-state index in [1.165, 1.54) is 12.8 Å². The molecule has 0 saturated carbocycles. The molecule has 1 aromatic heterocycles. The van der Waals surface area contributed by atoms with E-state index in [0.717, 1.165) is 30.4 Å². The fourth-order valence-corrected chi connectivity index (χ4v) is 2.63. The lowest BCUT2D eigenvalue weighted by Gasteiger charge is -2.31. The molecule has 1 heterocycles. The Morgan fingerprint density at radius 1 is 1.20 bits per heavy atom. The highest BCUT2D eigenvalue weighted by Gasteiger charge is 2.18. The summed E-state index contributed by atoms with van der Waals surface area (Å²) in [4.78, 5) is 11.7. The highest BCUT2D eigenvalue weighted by atomic mass is 15.2. The molecule has 20 heavy (non-hydrogen) atoms. The number of nitrogens with one attached hydrogen (secondary N) is 1. The molecule has 4 heteroatoms. The van der Waals surface area contributed by atoms with Crippen molar-refractivity contribution in [1.82, 2.24) is 14.9 Å². The molecule has 114 valence electrons. The van der Waals surface area contributed by atoms with Crippen LogP contribution in [-0.2, 0) is 6.54 Å². The molecule has 0 aliphatic carbocycles. The van der Waals surface area contributed by atoms with Crippen LogP contribution in [0.1, 0.15) is 52.1 Å². The number of rotatable bonds is 8. The number of anilines is 1. The molecule has 1 aromatic rings. The van der Waals surface area contributed by atoms with Crippen molar-refractivity contribution in [3.8, 4) is 0 Å². The number of nitrogens with zero attached hydrogens (tertiary/aromatic N) is 3. The zero-order valence-corrected chi connectivity index (χ0v) is 13.9. The number of hydrogen-bond donors (Lipinski definition) is 1. The van der Waals surface area contributed by atoms with Gasteiger partial charge >= 0.3 is 0 Å². The van der Waals surface area contributed by atoms with Gasteiger partial charge in [-0.25, -0.2) is 9.97 Å². The number of aryl methyl sites for hydroxylation is 1. The van der Waals surface area contributed by atoms with Crippen molar-refractivity contribution in [3.63, 3.8) is 0 Å². The standard InChI is InChI=1S/C16H30N4/c1-7-14(8-2)20(10-12(3)4)11-16-18-13(5)9-15(17-6)19-16/h9,12,14H,7-8,10-11H2,1-6H3,(H,17,18,19). The number of aromatic nitrogens is 2. The molecular formula is C16H30N4. The van der Waals surface area contributed by atoms with Crippen molar-refractivity contribution in [2.45, 2.75) is 60.0 Å². The van der Waals surface area contributed by atoms with Gasteiger partial charge in [0, 0.05) is 31.4 Å². The zero-order chi connectivity index (χ0) is 15.1. The summed E-state index contributed by atoms with van der Waals surface area (Å²) in [5.74, 6) is 2.48. The third-order valence-electron chi connectivity index (χ3n) is 3.56. The molecule has 1 N–H and O–H groups in total. The maximum Gasteiger partial charge on any atom is 0.144 e. The van der Waals surface area contributed by atoms with Gasteiger partial charge in [0.2, 0.25) is 0 Å². The zero-order valence-electron chi connectivity index (χ0n) is 13.9. The summed E-state index contributed by atoms with van der Waals surface area (Å²) in [7, 11) is 1.90. The molecule has 0 radical (unpaired) electrons. The summed E-state index contributed by atoms with van der Waals surface area (Å²) in [5, 5.41) is 3.11. The first kappa shape index (κ1) is 16.9. The highest BCUT2D eigenvalue weighted by Crippen LogP contribution is 2.15. The summed E-state index contributed by atoms with van der Waals surface area (Å²) in [5.41, 5.74) is 1.02. The van der Waals surface area contributed by atoms with Gasteiger partial charge in [-0.05, 0) is 25.7 Å². The van der Waals surface area contributed by atoms with Crippen LogP contribution < -0.4 is 5.32 Å². The minimum absolute atomic E-state index is 0.611. The van der Waals surface area contributed by atoms with Crippen molar-refractivity contribution in [1.29, 1.82) is 0 Å². The maximum absolute atomic E-state index is 4.59. The normalized spacial score (nSPS) is 11.7. The second kappa shape index (κ2) is 8.20. The first-order valence-corrected chi connectivity index (χ1v) is 7.76. The molecule has 0 saturated heterocycles. The van der Waals surface area contributed by atoms with E-state index in [1.807, 2.05) is 20.0 Å². The summed E-state index contributed by atoms with van der Waals surface area (Å²) < 4.78 is 0. The Labute approximate surface area is 124 Å². The first-order valence-electron chi connectivity index (χ1n) is 7.76. The van der Waals surface area contributed by atoms with Crippen LogP contribution in [0, 0.1) is 12.8 Å². The summed E-state index contributed by atoms with van der Waals surface area (Å²) >= 11 is 0. The summed E-state index contributed by atoms with van der Waals surface area (Å²) in [6.07, 6.45) is 2.35. The Bertz CT molecular complexity index is 399. The summed E-state index contributed by atoms with van der Waals surface area (Å²) in [6, 6.07) is 2.59. The van der Waals surface area contributed by atoms with Gasteiger partial charge in [0.05, 0.1) is 6.54 Å². The van der Waals surface area contributed by atoms with Gasteiger partial charge in [-0.2, -0.15) is 0 Å². The minimum Gasteiger partial charge on any atom is -0.373 e. The Kier molecular flexibility index (Phi) is 6.93.